The predicted octanol–water partition coefficient (Wildman–Crippen LogP) is 4.54. The molecule has 0 saturated heterocycles. The Morgan fingerprint density at radius 1 is 1.00 bits per heavy atom. The van der Waals surface area contributed by atoms with Gasteiger partial charge in [-0.3, -0.25) is 0 Å². The number of hydrogen-bond donors (Lipinski definition) is 1. The first-order chi connectivity index (χ1) is 11.3. The van der Waals surface area contributed by atoms with Crippen LogP contribution in [0, 0.1) is 5.92 Å². The van der Waals surface area contributed by atoms with Crippen molar-refractivity contribution in [1.82, 2.24) is 9.88 Å². The molecule has 0 fully saturated rings. The van der Waals surface area contributed by atoms with Gasteiger partial charge in [0.05, 0.1) is 11.4 Å². The normalized spacial score (nSPS) is 20.0. The van der Waals surface area contributed by atoms with Crippen molar-refractivity contribution in [2.45, 2.75) is 13.3 Å². The molecule has 1 unspecified atom stereocenters. The fourth-order valence-corrected chi connectivity index (χ4v) is 4.36. The number of rotatable bonds is 1. The molecule has 3 aromatic rings. The van der Waals surface area contributed by atoms with E-state index in [1.165, 1.54) is 39.0 Å². The van der Waals surface area contributed by atoms with Crippen LogP contribution in [0.25, 0.3) is 22.2 Å². The number of aromatic amines is 1. The molecule has 1 N–H and O–H groups in total. The van der Waals surface area contributed by atoms with Gasteiger partial charge in [0, 0.05) is 29.9 Å². The maximum atomic E-state index is 3.71. The maximum absolute atomic E-state index is 3.71. The van der Waals surface area contributed by atoms with Crippen LogP contribution >= 0.6 is 0 Å². The predicted molar refractivity (Wildman–Crippen MR) is 96.0 cm³/mol. The van der Waals surface area contributed by atoms with Crippen LogP contribution in [0.1, 0.15) is 23.7 Å². The van der Waals surface area contributed by atoms with Crippen molar-refractivity contribution in [3.8, 4) is 0 Å². The van der Waals surface area contributed by atoms with E-state index < -0.39 is 0 Å². The summed E-state index contributed by atoms with van der Waals surface area (Å²) < 4.78 is 0. The second-order valence-corrected chi connectivity index (χ2v) is 6.75. The Balaban J connectivity index is 1.81. The number of hydrogen-bond acceptors (Lipinski definition) is 1. The van der Waals surface area contributed by atoms with Crippen LogP contribution in [0.4, 0.5) is 0 Å². The van der Waals surface area contributed by atoms with Crippen molar-refractivity contribution in [1.29, 1.82) is 0 Å². The highest BCUT2D eigenvalue weighted by molar-refractivity contribution is 5.98. The average molecular weight is 300 g/mol. The van der Waals surface area contributed by atoms with Gasteiger partial charge < -0.3 is 9.88 Å². The van der Waals surface area contributed by atoms with Crippen LogP contribution in [0.15, 0.2) is 54.6 Å². The lowest BCUT2D eigenvalue weighted by atomic mass is 9.92. The number of aromatic nitrogens is 1. The van der Waals surface area contributed by atoms with Crippen molar-refractivity contribution in [3.05, 3.63) is 71.4 Å². The minimum atomic E-state index is 0.574. The van der Waals surface area contributed by atoms with Crippen LogP contribution in [0.3, 0.4) is 0 Å². The third kappa shape index (κ3) is 1.81. The minimum absolute atomic E-state index is 0.574. The molecule has 1 atom stereocenters. The second-order valence-electron chi connectivity index (χ2n) is 6.75. The molecule has 0 spiro atoms. The van der Waals surface area contributed by atoms with E-state index in [-0.39, 0.29) is 0 Å². The molecule has 114 valence electrons. The van der Waals surface area contributed by atoms with Crippen molar-refractivity contribution in [2.75, 3.05) is 13.1 Å². The largest absolute Gasteiger partial charge is 0.369 e. The highest BCUT2D eigenvalue weighted by atomic mass is 15.2. The lowest BCUT2D eigenvalue weighted by molar-refractivity contribution is 0.388. The molecule has 0 radical (unpaired) electrons. The maximum Gasteiger partial charge on any atom is 0.0665 e. The minimum Gasteiger partial charge on any atom is -0.369 e. The highest BCUT2D eigenvalue weighted by Gasteiger charge is 2.35. The van der Waals surface area contributed by atoms with Crippen molar-refractivity contribution < 1.29 is 0 Å². The Morgan fingerprint density at radius 2 is 1.78 bits per heavy atom. The molecule has 3 heterocycles. The Kier molecular flexibility index (Phi) is 2.69. The summed E-state index contributed by atoms with van der Waals surface area (Å²) in [5, 5.41) is 1.39. The molecule has 2 aromatic carbocycles. The summed E-state index contributed by atoms with van der Waals surface area (Å²) in [6, 6.07) is 19.6. The van der Waals surface area contributed by atoms with Crippen molar-refractivity contribution >= 4 is 22.2 Å². The summed E-state index contributed by atoms with van der Waals surface area (Å²) in [7, 11) is 0. The summed E-state index contributed by atoms with van der Waals surface area (Å²) in [6.07, 6.45) is 1.14. The van der Waals surface area contributed by atoms with Crippen molar-refractivity contribution in [2.24, 2.45) is 5.92 Å². The summed E-state index contributed by atoms with van der Waals surface area (Å²) in [6.45, 7) is 4.62. The lowest BCUT2D eigenvalue weighted by Crippen LogP contribution is -2.27. The van der Waals surface area contributed by atoms with Crippen LogP contribution in [-0.2, 0) is 6.42 Å². The number of nitrogens with zero attached hydrogens (tertiary/aromatic N) is 1. The molecule has 0 saturated carbocycles. The molecule has 5 rings (SSSR count). The van der Waals surface area contributed by atoms with E-state index in [0.717, 1.165) is 19.5 Å². The molecule has 2 aliphatic rings. The van der Waals surface area contributed by atoms with E-state index in [0.29, 0.717) is 5.92 Å². The number of benzene rings is 2. The van der Waals surface area contributed by atoms with Gasteiger partial charge in [-0.05, 0) is 29.2 Å². The monoisotopic (exact) mass is 300 g/mol. The molecule has 1 aromatic heterocycles. The van der Waals surface area contributed by atoms with Gasteiger partial charge in [-0.1, -0.05) is 55.5 Å². The van der Waals surface area contributed by atoms with Crippen LogP contribution < -0.4 is 0 Å². The Hall–Kier alpha value is -2.48. The van der Waals surface area contributed by atoms with E-state index in [9.17, 15) is 0 Å². The molecule has 2 aliphatic heterocycles. The molecular weight excluding hydrogens is 280 g/mol. The highest BCUT2D eigenvalue weighted by Crippen LogP contribution is 2.45. The summed E-state index contributed by atoms with van der Waals surface area (Å²) >= 11 is 0. The average Bonchev–Trinajstić information content (AvgIpc) is 3.12. The zero-order valence-electron chi connectivity index (χ0n) is 13.3. The van der Waals surface area contributed by atoms with E-state index >= 15 is 0 Å². The van der Waals surface area contributed by atoms with Crippen LogP contribution in [0.5, 0.6) is 0 Å². The Morgan fingerprint density at radius 3 is 2.65 bits per heavy atom. The third-order valence-corrected chi connectivity index (χ3v) is 5.33. The van der Waals surface area contributed by atoms with E-state index in [2.05, 4.69) is 71.4 Å². The van der Waals surface area contributed by atoms with Crippen LogP contribution in [0.2, 0.25) is 0 Å². The standard InChI is InChI=1S/C21H20N2/c1-14-13-23-12-11-17-16-9-5-6-10-18(16)22-20(17)21(23)19(14)15-7-3-2-4-8-15/h2-10,14,22H,11-13H2,1H3. The first-order valence-electron chi connectivity index (χ1n) is 8.47. The molecule has 2 nitrogen and oxygen atoms in total. The summed E-state index contributed by atoms with van der Waals surface area (Å²) in [5.74, 6) is 0.574. The molecule has 0 aliphatic carbocycles. The SMILES string of the molecule is CC1CN2CCc3c([nH]c4ccccc34)C2=C1c1ccccc1. The first kappa shape index (κ1) is 13.0. The van der Waals surface area contributed by atoms with Crippen LogP contribution in [-0.4, -0.2) is 23.0 Å². The van der Waals surface area contributed by atoms with E-state index in [4.69, 9.17) is 0 Å². The molecule has 0 bridgehead atoms. The zero-order chi connectivity index (χ0) is 15.4. The third-order valence-electron chi connectivity index (χ3n) is 5.33. The van der Waals surface area contributed by atoms with Gasteiger partial charge in [-0.15, -0.1) is 0 Å². The quantitative estimate of drug-likeness (QED) is 0.699. The van der Waals surface area contributed by atoms with Gasteiger partial charge >= 0.3 is 0 Å². The van der Waals surface area contributed by atoms with Gasteiger partial charge in [0.25, 0.3) is 0 Å². The fraction of sp³-hybridized carbons (Fsp3) is 0.238. The number of fused-ring (bicyclic) bond motifs is 5. The molecule has 2 heteroatoms. The zero-order valence-corrected chi connectivity index (χ0v) is 13.3. The number of H-pyrrole nitrogens is 1. The summed E-state index contributed by atoms with van der Waals surface area (Å²) in [4.78, 5) is 6.28. The summed E-state index contributed by atoms with van der Waals surface area (Å²) in [5.41, 5.74) is 8.40. The number of para-hydroxylation sites is 1. The van der Waals surface area contributed by atoms with Gasteiger partial charge in [-0.25, -0.2) is 0 Å². The van der Waals surface area contributed by atoms with Gasteiger partial charge in [0.1, 0.15) is 0 Å². The van der Waals surface area contributed by atoms with Gasteiger partial charge in [-0.2, -0.15) is 0 Å². The van der Waals surface area contributed by atoms with E-state index in [1.54, 1.807) is 0 Å². The van der Waals surface area contributed by atoms with Gasteiger partial charge in [0.2, 0.25) is 0 Å². The molecule has 23 heavy (non-hydrogen) atoms. The molecular formula is C21H20N2. The second kappa shape index (κ2) is 4.76. The first-order valence-corrected chi connectivity index (χ1v) is 8.47. The van der Waals surface area contributed by atoms with Gasteiger partial charge in [0.15, 0.2) is 0 Å². The van der Waals surface area contributed by atoms with E-state index in [1.807, 2.05) is 0 Å². The van der Waals surface area contributed by atoms with Crippen molar-refractivity contribution in [3.63, 3.8) is 0 Å². The Bertz CT molecular complexity index is 917. The Labute approximate surface area is 136 Å². The topological polar surface area (TPSA) is 19.0 Å². The smallest absolute Gasteiger partial charge is 0.0665 e. The fourth-order valence-electron chi connectivity index (χ4n) is 4.36. The lowest BCUT2D eigenvalue weighted by Gasteiger charge is -2.28. The number of nitrogens with one attached hydrogen (secondary N) is 1. The molecule has 0 amide bonds.